The molecule has 0 bridgehead atoms. The van der Waals surface area contributed by atoms with Crippen LogP contribution in [-0.2, 0) is 4.74 Å². The van der Waals surface area contributed by atoms with Crippen LogP contribution in [0, 0.1) is 0 Å². The zero-order valence-electron chi connectivity index (χ0n) is 9.16. The van der Waals surface area contributed by atoms with Gasteiger partial charge in [0.15, 0.2) is 0 Å². The molecule has 2 unspecified atom stereocenters. The average Bonchev–Trinajstić information content (AvgIpc) is 2.17. The van der Waals surface area contributed by atoms with E-state index < -0.39 is 0 Å². The van der Waals surface area contributed by atoms with Gasteiger partial charge < -0.3 is 9.64 Å². The third-order valence-electron chi connectivity index (χ3n) is 2.58. The molecule has 0 spiro atoms. The third-order valence-corrected chi connectivity index (χ3v) is 3.83. The summed E-state index contributed by atoms with van der Waals surface area (Å²) in [7, 11) is 0. The molecule has 1 aliphatic rings. The Labute approximate surface area is 90.2 Å². The summed E-state index contributed by atoms with van der Waals surface area (Å²) in [5.41, 5.74) is 0. The van der Waals surface area contributed by atoms with Crippen LogP contribution < -0.4 is 0 Å². The molecule has 0 saturated carbocycles. The number of nitrogens with zero attached hydrogens (tertiary/aromatic N) is 1. The molecule has 3 nitrogen and oxygen atoms in total. The molecule has 0 aromatic carbocycles. The molecule has 1 saturated heterocycles. The Bertz CT molecular complexity index is 199. The summed E-state index contributed by atoms with van der Waals surface area (Å²) in [4.78, 5) is 13.5. The number of ether oxygens (including phenoxy) is 1. The Hall–Kier alpha value is -0.380. The zero-order valence-corrected chi connectivity index (χ0v) is 9.97. The highest BCUT2D eigenvalue weighted by Crippen LogP contribution is 2.26. The molecule has 0 aliphatic carbocycles. The van der Waals surface area contributed by atoms with Gasteiger partial charge in [0.05, 0.1) is 6.61 Å². The molecular formula is C10H19NO2S. The van der Waals surface area contributed by atoms with E-state index in [1.807, 2.05) is 23.6 Å². The molecule has 4 heteroatoms. The van der Waals surface area contributed by atoms with Gasteiger partial charge in [-0.3, -0.25) is 0 Å². The number of carbonyl (C=O) groups excluding carboxylic acids is 1. The van der Waals surface area contributed by atoms with E-state index in [2.05, 4.69) is 13.8 Å². The minimum Gasteiger partial charge on any atom is -0.450 e. The second-order valence-electron chi connectivity index (χ2n) is 3.44. The normalized spacial score (nSPS) is 27.5. The van der Waals surface area contributed by atoms with Gasteiger partial charge in [0.2, 0.25) is 0 Å². The molecule has 14 heavy (non-hydrogen) atoms. The van der Waals surface area contributed by atoms with Crippen LogP contribution in [0.4, 0.5) is 4.79 Å². The highest BCUT2D eigenvalue weighted by atomic mass is 32.2. The van der Waals surface area contributed by atoms with E-state index in [9.17, 15) is 4.79 Å². The monoisotopic (exact) mass is 217 g/mol. The lowest BCUT2D eigenvalue weighted by atomic mass is 10.1. The maximum atomic E-state index is 11.6. The van der Waals surface area contributed by atoms with Crippen molar-refractivity contribution in [1.82, 2.24) is 4.90 Å². The van der Waals surface area contributed by atoms with Gasteiger partial charge in [-0.25, -0.2) is 4.79 Å². The molecule has 0 aromatic heterocycles. The van der Waals surface area contributed by atoms with Gasteiger partial charge in [-0.05, 0) is 13.3 Å². The van der Waals surface area contributed by atoms with E-state index >= 15 is 0 Å². The van der Waals surface area contributed by atoms with Crippen molar-refractivity contribution in [2.45, 2.75) is 38.5 Å². The van der Waals surface area contributed by atoms with Gasteiger partial charge in [-0.1, -0.05) is 13.8 Å². The fourth-order valence-corrected chi connectivity index (χ4v) is 3.09. The van der Waals surface area contributed by atoms with Crippen molar-refractivity contribution in [3.63, 3.8) is 0 Å². The first-order valence-corrected chi connectivity index (χ1v) is 6.30. The van der Waals surface area contributed by atoms with Crippen LogP contribution in [-0.4, -0.2) is 41.2 Å². The van der Waals surface area contributed by atoms with Crippen molar-refractivity contribution < 1.29 is 9.53 Å². The molecule has 0 N–H and O–H groups in total. The van der Waals surface area contributed by atoms with Gasteiger partial charge in [0.25, 0.3) is 0 Å². The molecule has 82 valence electrons. The van der Waals surface area contributed by atoms with Crippen molar-refractivity contribution in [2.75, 3.05) is 18.9 Å². The summed E-state index contributed by atoms with van der Waals surface area (Å²) in [6, 6.07) is 0.341. The summed E-state index contributed by atoms with van der Waals surface area (Å²) in [5, 5.41) is 0.526. The minimum atomic E-state index is -0.147. The van der Waals surface area contributed by atoms with Gasteiger partial charge >= 0.3 is 6.09 Å². The van der Waals surface area contributed by atoms with E-state index in [1.165, 1.54) is 0 Å². The van der Waals surface area contributed by atoms with Crippen molar-refractivity contribution in [1.29, 1.82) is 0 Å². The van der Waals surface area contributed by atoms with E-state index in [0.29, 0.717) is 17.9 Å². The van der Waals surface area contributed by atoms with E-state index in [0.717, 1.165) is 18.7 Å². The van der Waals surface area contributed by atoms with Crippen LogP contribution in [0.25, 0.3) is 0 Å². The molecule has 0 radical (unpaired) electrons. The van der Waals surface area contributed by atoms with Crippen LogP contribution in [0.2, 0.25) is 0 Å². The SMILES string of the molecule is CCOC(=O)N1CCSC(C)C1CC. The lowest BCUT2D eigenvalue weighted by Gasteiger charge is -2.38. The van der Waals surface area contributed by atoms with Crippen LogP contribution >= 0.6 is 11.8 Å². The van der Waals surface area contributed by atoms with Crippen LogP contribution in [0.5, 0.6) is 0 Å². The van der Waals surface area contributed by atoms with E-state index in [4.69, 9.17) is 4.74 Å². The Morgan fingerprint density at radius 1 is 1.57 bits per heavy atom. The predicted octanol–water partition coefficient (Wildman–Crippen LogP) is 2.36. The quantitative estimate of drug-likeness (QED) is 0.711. The van der Waals surface area contributed by atoms with Crippen LogP contribution in [0.3, 0.4) is 0 Å². The highest BCUT2D eigenvalue weighted by Gasteiger charge is 2.31. The molecule has 1 fully saturated rings. The van der Waals surface area contributed by atoms with Gasteiger partial charge in [-0.2, -0.15) is 11.8 Å². The summed E-state index contributed by atoms with van der Waals surface area (Å²) in [6.45, 7) is 7.45. The maximum absolute atomic E-state index is 11.6. The molecule has 1 amide bonds. The van der Waals surface area contributed by atoms with Crippen molar-refractivity contribution in [3.05, 3.63) is 0 Å². The summed E-state index contributed by atoms with van der Waals surface area (Å²) in [5.74, 6) is 1.02. The summed E-state index contributed by atoms with van der Waals surface area (Å²) >= 11 is 1.94. The number of carbonyl (C=O) groups is 1. The number of amides is 1. The first-order valence-electron chi connectivity index (χ1n) is 5.25. The molecule has 1 rings (SSSR count). The highest BCUT2D eigenvalue weighted by molar-refractivity contribution is 8.00. The Balaban J connectivity index is 2.59. The number of thioether (sulfide) groups is 1. The average molecular weight is 217 g/mol. The number of hydrogen-bond acceptors (Lipinski definition) is 3. The topological polar surface area (TPSA) is 29.5 Å². The first-order chi connectivity index (χ1) is 6.70. The fourth-order valence-electron chi connectivity index (χ4n) is 1.85. The second kappa shape index (κ2) is 5.49. The molecular weight excluding hydrogens is 198 g/mol. The second-order valence-corrected chi connectivity index (χ2v) is 4.93. The van der Waals surface area contributed by atoms with Gasteiger partial charge in [0.1, 0.15) is 0 Å². The first kappa shape index (κ1) is 11.7. The zero-order chi connectivity index (χ0) is 10.6. The molecule has 0 aromatic rings. The van der Waals surface area contributed by atoms with Crippen molar-refractivity contribution in [3.8, 4) is 0 Å². The van der Waals surface area contributed by atoms with Crippen molar-refractivity contribution in [2.24, 2.45) is 0 Å². The lowest BCUT2D eigenvalue weighted by Crippen LogP contribution is -2.49. The molecule has 2 atom stereocenters. The van der Waals surface area contributed by atoms with Gasteiger partial charge in [0, 0.05) is 23.6 Å². The summed E-state index contributed by atoms with van der Waals surface area (Å²) < 4.78 is 5.04. The van der Waals surface area contributed by atoms with E-state index in [-0.39, 0.29) is 6.09 Å². The third kappa shape index (κ3) is 2.56. The van der Waals surface area contributed by atoms with Gasteiger partial charge in [-0.15, -0.1) is 0 Å². The standard InChI is InChI=1S/C10H19NO2S/c1-4-9-8(3)14-7-6-11(9)10(12)13-5-2/h8-9H,4-7H2,1-3H3. The Kier molecular flexibility index (Phi) is 4.58. The molecule has 1 aliphatic heterocycles. The minimum absolute atomic E-state index is 0.147. The number of rotatable bonds is 2. The Morgan fingerprint density at radius 3 is 2.86 bits per heavy atom. The fraction of sp³-hybridized carbons (Fsp3) is 0.900. The Morgan fingerprint density at radius 2 is 2.29 bits per heavy atom. The number of hydrogen-bond donors (Lipinski definition) is 0. The van der Waals surface area contributed by atoms with Crippen LogP contribution in [0.1, 0.15) is 27.2 Å². The smallest absolute Gasteiger partial charge is 0.410 e. The molecule has 1 heterocycles. The predicted molar refractivity (Wildman–Crippen MR) is 59.7 cm³/mol. The van der Waals surface area contributed by atoms with Crippen molar-refractivity contribution >= 4 is 17.9 Å². The lowest BCUT2D eigenvalue weighted by molar-refractivity contribution is 0.0901. The largest absolute Gasteiger partial charge is 0.450 e. The van der Waals surface area contributed by atoms with Crippen LogP contribution in [0.15, 0.2) is 0 Å². The summed E-state index contributed by atoms with van der Waals surface area (Å²) in [6.07, 6.45) is 0.860. The van der Waals surface area contributed by atoms with E-state index in [1.54, 1.807) is 0 Å². The maximum Gasteiger partial charge on any atom is 0.410 e.